The summed E-state index contributed by atoms with van der Waals surface area (Å²) in [6.07, 6.45) is 0.974. The molecular weight excluding hydrogens is 374 g/mol. The normalized spacial score (nSPS) is 11.9. The number of anilines is 1. The lowest BCUT2D eigenvalue weighted by atomic mass is 9.97. The molecule has 0 aromatic heterocycles. The van der Waals surface area contributed by atoms with Crippen LogP contribution in [0.25, 0.3) is 0 Å². The van der Waals surface area contributed by atoms with Gasteiger partial charge in [-0.25, -0.2) is 8.42 Å². The van der Waals surface area contributed by atoms with E-state index in [0.717, 1.165) is 6.26 Å². The van der Waals surface area contributed by atoms with Crippen LogP contribution in [0.15, 0.2) is 18.2 Å². The number of benzene rings is 1. The van der Waals surface area contributed by atoms with Crippen LogP contribution in [0, 0.1) is 5.41 Å². The molecule has 8 heteroatoms. The Hall–Kier alpha value is -1.41. The fraction of sp³-hybridized carbons (Fsp3) is 0.429. The van der Waals surface area contributed by atoms with Crippen molar-refractivity contribution in [3.8, 4) is 5.75 Å². The summed E-state index contributed by atoms with van der Waals surface area (Å²) < 4.78 is 30.4. The van der Waals surface area contributed by atoms with Crippen molar-refractivity contribution in [2.75, 3.05) is 16.3 Å². The van der Waals surface area contributed by atoms with Gasteiger partial charge in [0.25, 0.3) is 0 Å². The molecule has 1 N–H and O–H groups in total. The predicted molar refractivity (Wildman–Crippen MR) is 88.1 cm³/mol. The molecule has 0 aliphatic rings. The summed E-state index contributed by atoms with van der Waals surface area (Å²) in [6, 6.07) is 4.21. The molecule has 0 heterocycles. The molecule has 0 aliphatic heterocycles. The Labute approximate surface area is 138 Å². The van der Waals surface area contributed by atoms with Crippen molar-refractivity contribution >= 4 is 43.4 Å². The molecule has 22 heavy (non-hydrogen) atoms. The van der Waals surface area contributed by atoms with Gasteiger partial charge in [0.05, 0.1) is 22.7 Å². The van der Waals surface area contributed by atoms with Crippen LogP contribution in [0.1, 0.15) is 31.1 Å². The van der Waals surface area contributed by atoms with Crippen molar-refractivity contribution in [2.24, 2.45) is 5.41 Å². The number of Topliss-reactive ketones (excluding diaryl/α,β-unsaturated/α-hetero) is 1. The highest BCUT2D eigenvalue weighted by atomic mass is 79.9. The van der Waals surface area contributed by atoms with Crippen molar-refractivity contribution in [1.29, 1.82) is 0 Å². The first-order valence-corrected chi connectivity index (χ1v) is 9.38. The number of sulfonamides is 1. The minimum atomic E-state index is -3.58. The first-order chi connectivity index (χ1) is 9.94. The Morgan fingerprint density at radius 2 is 1.86 bits per heavy atom. The van der Waals surface area contributed by atoms with E-state index in [-0.39, 0.29) is 22.6 Å². The second kappa shape index (κ2) is 6.78. The van der Waals surface area contributed by atoms with Crippen molar-refractivity contribution in [1.82, 2.24) is 0 Å². The maximum absolute atomic E-state index is 12.0. The highest BCUT2D eigenvalue weighted by molar-refractivity contribution is 9.09. The van der Waals surface area contributed by atoms with Crippen molar-refractivity contribution < 1.29 is 22.7 Å². The van der Waals surface area contributed by atoms with Crippen molar-refractivity contribution in [3.05, 3.63) is 23.8 Å². The van der Waals surface area contributed by atoms with Crippen LogP contribution in [-0.2, 0) is 14.8 Å². The number of ether oxygens (including phenoxy) is 1. The molecule has 0 saturated carbocycles. The highest BCUT2D eigenvalue weighted by Crippen LogP contribution is 2.29. The van der Waals surface area contributed by atoms with Gasteiger partial charge in [-0.15, -0.1) is 0 Å². The fourth-order valence-electron chi connectivity index (χ4n) is 1.40. The molecule has 0 atom stereocenters. The molecule has 0 unspecified atom stereocenters. The fourth-order valence-corrected chi connectivity index (χ4v) is 2.28. The lowest BCUT2D eigenvalue weighted by Crippen LogP contribution is -2.26. The number of halogens is 1. The third kappa shape index (κ3) is 5.42. The van der Waals surface area contributed by atoms with Gasteiger partial charge in [-0.05, 0) is 39.0 Å². The maximum Gasteiger partial charge on any atom is 0.316 e. The lowest BCUT2D eigenvalue weighted by Gasteiger charge is -2.18. The predicted octanol–water partition coefficient (Wildman–Crippen LogP) is 2.59. The Kier molecular flexibility index (Phi) is 5.75. The zero-order valence-corrected chi connectivity index (χ0v) is 15.2. The van der Waals surface area contributed by atoms with Crippen LogP contribution in [0.3, 0.4) is 0 Å². The molecule has 0 aliphatic carbocycles. The highest BCUT2D eigenvalue weighted by Gasteiger charge is 2.25. The first kappa shape index (κ1) is 18.6. The summed E-state index contributed by atoms with van der Waals surface area (Å²) in [4.78, 5) is 23.6. The largest absolute Gasteiger partial charge is 0.424 e. The van der Waals surface area contributed by atoms with Crippen LogP contribution < -0.4 is 9.46 Å². The topological polar surface area (TPSA) is 89.5 Å². The SMILES string of the molecule is CC(C)(C)C(=O)Oc1ccc(C(=O)CBr)cc1NS(C)(=O)=O. The van der Waals surface area contributed by atoms with E-state index in [0.29, 0.717) is 5.56 Å². The summed E-state index contributed by atoms with van der Waals surface area (Å²) in [5, 5.41) is 0.104. The minimum Gasteiger partial charge on any atom is -0.424 e. The molecule has 1 rings (SSSR count). The number of rotatable bonds is 5. The van der Waals surface area contributed by atoms with Crippen LogP contribution in [0.2, 0.25) is 0 Å². The molecule has 122 valence electrons. The van der Waals surface area contributed by atoms with Gasteiger partial charge in [0.1, 0.15) is 0 Å². The molecule has 0 spiro atoms. The van der Waals surface area contributed by atoms with E-state index in [1.165, 1.54) is 18.2 Å². The number of carbonyl (C=O) groups excluding carboxylic acids is 2. The smallest absolute Gasteiger partial charge is 0.316 e. The van der Waals surface area contributed by atoms with Gasteiger partial charge in [0.15, 0.2) is 11.5 Å². The van der Waals surface area contributed by atoms with Crippen LogP contribution in [0.5, 0.6) is 5.75 Å². The van der Waals surface area contributed by atoms with Gasteiger partial charge in [-0.3, -0.25) is 14.3 Å². The zero-order chi connectivity index (χ0) is 17.1. The number of esters is 1. The number of hydrogen-bond donors (Lipinski definition) is 1. The standard InChI is InChI=1S/C14H18BrNO5S/c1-14(2,3)13(18)21-12-6-5-9(11(17)8-15)7-10(12)16-22(4,19)20/h5-7,16H,8H2,1-4H3. The Bertz CT molecular complexity index is 692. The molecule has 0 fully saturated rings. The number of alkyl halides is 1. The number of carbonyl (C=O) groups is 2. The van der Waals surface area contributed by atoms with Crippen LogP contribution in [-0.4, -0.2) is 31.8 Å². The monoisotopic (exact) mass is 391 g/mol. The number of hydrogen-bond acceptors (Lipinski definition) is 5. The maximum atomic E-state index is 12.0. The quantitative estimate of drug-likeness (QED) is 0.360. The van der Waals surface area contributed by atoms with Gasteiger partial charge >= 0.3 is 5.97 Å². The average molecular weight is 392 g/mol. The molecule has 0 radical (unpaired) electrons. The van der Waals surface area contributed by atoms with E-state index in [1.807, 2.05) is 0 Å². The van der Waals surface area contributed by atoms with Crippen molar-refractivity contribution in [2.45, 2.75) is 20.8 Å². The van der Waals surface area contributed by atoms with Gasteiger partial charge in [-0.1, -0.05) is 15.9 Å². The van der Waals surface area contributed by atoms with Crippen molar-refractivity contribution in [3.63, 3.8) is 0 Å². The second-order valence-corrected chi connectivity index (χ2v) is 8.09. The number of ketones is 1. The van der Waals surface area contributed by atoms with Crippen LogP contribution >= 0.6 is 15.9 Å². The van der Waals surface area contributed by atoms with E-state index < -0.39 is 21.4 Å². The molecule has 1 aromatic carbocycles. The van der Waals surface area contributed by atoms with E-state index in [2.05, 4.69) is 20.7 Å². The average Bonchev–Trinajstić information content (AvgIpc) is 2.36. The Morgan fingerprint density at radius 3 is 2.32 bits per heavy atom. The molecule has 0 amide bonds. The third-order valence-corrected chi connectivity index (χ3v) is 3.63. The summed E-state index contributed by atoms with van der Waals surface area (Å²) in [5.41, 5.74) is -0.391. The van der Waals surface area contributed by atoms with Gasteiger partial charge in [-0.2, -0.15) is 0 Å². The second-order valence-electron chi connectivity index (χ2n) is 5.78. The van der Waals surface area contributed by atoms with Crippen LogP contribution in [0.4, 0.5) is 5.69 Å². The summed E-state index contributed by atoms with van der Waals surface area (Å²) in [7, 11) is -3.58. The third-order valence-electron chi connectivity index (χ3n) is 2.53. The molecule has 0 saturated heterocycles. The van der Waals surface area contributed by atoms with E-state index in [1.54, 1.807) is 20.8 Å². The Morgan fingerprint density at radius 1 is 1.27 bits per heavy atom. The summed E-state index contributed by atoms with van der Waals surface area (Å²) >= 11 is 3.05. The Balaban J connectivity index is 3.26. The summed E-state index contributed by atoms with van der Waals surface area (Å²) in [6.45, 7) is 5.05. The lowest BCUT2D eigenvalue weighted by molar-refractivity contribution is -0.142. The van der Waals surface area contributed by atoms with Gasteiger partial charge in [0, 0.05) is 5.56 Å². The van der Waals surface area contributed by atoms with E-state index >= 15 is 0 Å². The van der Waals surface area contributed by atoms with Gasteiger partial charge in [0.2, 0.25) is 10.0 Å². The first-order valence-electron chi connectivity index (χ1n) is 6.37. The minimum absolute atomic E-state index is 0.0481. The van der Waals surface area contributed by atoms with E-state index in [4.69, 9.17) is 4.74 Å². The number of nitrogens with one attached hydrogen (secondary N) is 1. The molecule has 0 bridgehead atoms. The molecule has 1 aromatic rings. The van der Waals surface area contributed by atoms with Gasteiger partial charge < -0.3 is 4.74 Å². The van der Waals surface area contributed by atoms with E-state index in [9.17, 15) is 18.0 Å². The molecular formula is C14H18BrNO5S. The molecule has 6 nitrogen and oxygen atoms in total. The summed E-state index contributed by atoms with van der Waals surface area (Å²) in [5.74, 6) is -0.676. The zero-order valence-electron chi connectivity index (χ0n) is 12.8.